The Morgan fingerprint density at radius 1 is 1.13 bits per heavy atom. The van der Waals surface area contributed by atoms with Crippen molar-refractivity contribution in [3.8, 4) is 0 Å². The number of benzene rings is 2. The molecule has 0 spiro atoms. The number of aromatic nitrogens is 2. The number of rotatable bonds is 6. The highest BCUT2D eigenvalue weighted by atomic mass is 35.5. The first kappa shape index (κ1) is 20.6. The van der Waals surface area contributed by atoms with E-state index in [9.17, 15) is 14.4 Å². The van der Waals surface area contributed by atoms with Crippen molar-refractivity contribution in [2.45, 2.75) is 18.8 Å². The molecule has 1 unspecified atom stereocenters. The standard InChI is InChI=1S/C22H20ClN5O3/c23-14-7-4-8-15(11-14)25-22-27-19-18(21(31)28-22)16(12-17(29)26-19)20(30)24-10-9-13-5-2-1-3-6-13/h1-8,11,16H,9-10,12H2,(H,24,30)(H3,25,26,27,28,29,31). The van der Waals surface area contributed by atoms with Gasteiger partial charge in [0, 0.05) is 23.7 Å². The molecule has 158 valence electrons. The first-order valence-corrected chi connectivity index (χ1v) is 10.2. The molecule has 1 aliphatic rings. The van der Waals surface area contributed by atoms with Crippen molar-refractivity contribution >= 4 is 40.9 Å². The van der Waals surface area contributed by atoms with Gasteiger partial charge in [-0.3, -0.25) is 19.4 Å². The minimum Gasteiger partial charge on any atom is -0.355 e. The van der Waals surface area contributed by atoms with Crippen molar-refractivity contribution in [1.29, 1.82) is 0 Å². The van der Waals surface area contributed by atoms with E-state index in [0.29, 0.717) is 23.7 Å². The molecule has 31 heavy (non-hydrogen) atoms. The number of nitrogens with zero attached hydrogens (tertiary/aromatic N) is 1. The van der Waals surface area contributed by atoms with Crippen molar-refractivity contribution in [2.24, 2.45) is 0 Å². The number of aromatic amines is 1. The molecule has 2 amide bonds. The van der Waals surface area contributed by atoms with Crippen LogP contribution in [0.2, 0.25) is 5.02 Å². The SMILES string of the molecule is O=C1CC(C(=O)NCCc2ccccc2)c2c(nc(Nc3cccc(Cl)c3)[nH]c2=O)N1. The molecular formula is C22H20ClN5O3. The predicted molar refractivity (Wildman–Crippen MR) is 119 cm³/mol. The van der Waals surface area contributed by atoms with E-state index in [4.69, 9.17) is 11.6 Å². The van der Waals surface area contributed by atoms with Crippen LogP contribution in [0.3, 0.4) is 0 Å². The second-order valence-electron chi connectivity index (χ2n) is 7.14. The van der Waals surface area contributed by atoms with Crippen molar-refractivity contribution in [2.75, 3.05) is 17.2 Å². The minimum absolute atomic E-state index is 0.0766. The normalized spacial score (nSPS) is 15.0. The molecular weight excluding hydrogens is 418 g/mol. The lowest BCUT2D eigenvalue weighted by molar-refractivity contribution is -0.126. The predicted octanol–water partition coefficient (Wildman–Crippen LogP) is 2.95. The highest BCUT2D eigenvalue weighted by Crippen LogP contribution is 2.29. The summed E-state index contributed by atoms with van der Waals surface area (Å²) in [5, 5.41) is 8.87. The van der Waals surface area contributed by atoms with Gasteiger partial charge in [-0.25, -0.2) is 0 Å². The van der Waals surface area contributed by atoms with E-state index in [0.717, 1.165) is 5.56 Å². The monoisotopic (exact) mass is 437 g/mol. The summed E-state index contributed by atoms with van der Waals surface area (Å²) >= 11 is 5.98. The molecule has 2 heterocycles. The van der Waals surface area contributed by atoms with Crippen LogP contribution in [0.4, 0.5) is 17.5 Å². The third kappa shape index (κ3) is 4.92. The van der Waals surface area contributed by atoms with E-state index in [-0.39, 0.29) is 35.6 Å². The number of halogens is 1. The molecule has 4 rings (SSSR count). The third-order valence-corrected chi connectivity index (χ3v) is 5.15. The second-order valence-corrected chi connectivity index (χ2v) is 7.58. The number of carbonyl (C=O) groups is 2. The molecule has 1 atom stereocenters. The zero-order chi connectivity index (χ0) is 21.8. The fourth-order valence-electron chi connectivity index (χ4n) is 3.46. The zero-order valence-electron chi connectivity index (χ0n) is 16.4. The number of hydrogen-bond donors (Lipinski definition) is 4. The van der Waals surface area contributed by atoms with Crippen LogP contribution in [-0.2, 0) is 16.0 Å². The highest BCUT2D eigenvalue weighted by molar-refractivity contribution is 6.30. The lowest BCUT2D eigenvalue weighted by atomic mass is 9.92. The molecule has 0 saturated heterocycles. The Kier molecular flexibility index (Phi) is 5.99. The fraction of sp³-hybridized carbons (Fsp3) is 0.182. The number of hydrogen-bond acceptors (Lipinski definition) is 5. The summed E-state index contributed by atoms with van der Waals surface area (Å²) in [4.78, 5) is 44.6. The van der Waals surface area contributed by atoms with Gasteiger partial charge in [0.05, 0.1) is 11.5 Å². The maximum atomic E-state index is 12.8. The van der Waals surface area contributed by atoms with Crippen LogP contribution in [0.25, 0.3) is 0 Å². The lowest BCUT2D eigenvalue weighted by Crippen LogP contribution is -2.39. The molecule has 0 radical (unpaired) electrons. The van der Waals surface area contributed by atoms with Gasteiger partial charge in [-0.2, -0.15) is 4.98 Å². The van der Waals surface area contributed by atoms with Crippen molar-refractivity contribution in [1.82, 2.24) is 15.3 Å². The van der Waals surface area contributed by atoms with Gasteiger partial charge >= 0.3 is 0 Å². The molecule has 9 heteroatoms. The Bertz CT molecular complexity index is 1180. The van der Waals surface area contributed by atoms with Gasteiger partial charge in [-0.15, -0.1) is 0 Å². The Morgan fingerprint density at radius 3 is 2.71 bits per heavy atom. The summed E-state index contributed by atoms with van der Waals surface area (Å²) < 4.78 is 0. The van der Waals surface area contributed by atoms with E-state index in [1.165, 1.54) is 0 Å². The van der Waals surface area contributed by atoms with Gasteiger partial charge in [0.25, 0.3) is 5.56 Å². The summed E-state index contributed by atoms with van der Waals surface area (Å²) in [6, 6.07) is 16.6. The number of carbonyl (C=O) groups excluding carboxylic acids is 2. The van der Waals surface area contributed by atoms with E-state index in [1.807, 2.05) is 30.3 Å². The lowest BCUT2D eigenvalue weighted by Gasteiger charge is -2.23. The average Bonchev–Trinajstić information content (AvgIpc) is 2.73. The molecule has 1 aliphatic heterocycles. The van der Waals surface area contributed by atoms with Crippen LogP contribution in [0, 0.1) is 0 Å². The third-order valence-electron chi connectivity index (χ3n) is 4.91. The quantitative estimate of drug-likeness (QED) is 0.473. The van der Waals surface area contributed by atoms with Crippen LogP contribution in [0.1, 0.15) is 23.5 Å². The van der Waals surface area contributed by atoms with Crippen LogP contribution in [0.15, 0.2) is 59.4 Å². The molecule has 0 aliphatic carbocycles. The molecule has 3 aromatic rings. The largest absolute Gasteiger partial charge is 0.355 e. The Hall–Kier alpha value is -3.65. The van der Waals surface area contributed by atoms with Gasteiger partial charge in [-0.1, -0.05) is 48.0 Å². The molecule has 8 nitrogen and oxygen atoms in total. The molecule has 1 aromatic heterocycles. The van der Waals surface area contributed by atoms with Gasteiger partial charge in [0.15, 0.2) is 0 Å². The van der Waals surface area contributed by atoms with Crippen molar-refractivity contribution in [3.63, 3.8) is 0 Å². The van der Waals surface area contributed by atoms with E-state index >= 15 is 0 Å². The van der Waals surface area contributed by atoms with Crippen LogP contribution in [-0.4, -0.2) is 28.3 Å². The van der Waals surface area contributed by atoms with E-state index < -0.39 is 11.5 Å². The van der Waals surface area contributed by atoms with Gasteiger partial charge in [0.1, 0.15) is 5.82 Å². The first-order chi connectivity index (χ1) is 15.0. The van der Waals surface area contributed by atoms with Gasteiger partial charge < -0.3 is 16.0 Å². The molecule has 0 saturated carbocycles. The van der Waals surface area contributed by atoms with Gasteiger partial charge in [0.2, 0.25) is 17.8 Å². The van der Waals surface area contributed by atoms with Crippen LogP contribution < -0.4 is 21.5 Å². The Balaban J connectivity index is 1.52. The average molecular weight is 438 g/mol. The molecule has 0 bridgehead atoms. The van der Waals surface area contributed by atoms with Crippen molar-refractivity contribution in [3.05, 3.63) is 81.1 Å². The number of H-pyrrole nitrogens is 1. The summed E-state index contributed by atoms with van der Waals surface area (Å²) in [6.07, 6.45) is 0.533. The molecule has 4 N–H and O–H groups in total. The highest BCUT2D eigenvalue weighted by Gasteiger charge is 2.34. The number of nitrogens with one attached hydrogen (secondary N) is 4. The minimum atomic E-state index is -0.906. The molecule has 0 fully saturated rings. The fourth-order valence-corrected chi connectivity index (χ4v) is 3.65. The topological polar surface area (TPSA) is 116 Å². The van der Waals surface area contributed by atoms with Gasteiger partial charge in [-0.05, 0) is 30.2 Å². The number of amides is 2. The molecule has 2 aromatic carbocycles. The van der Waals surface area contributed by atoms with Crippen LogP contribution >= 0.6 is 11.6 Å². The summed E-state index contributed by atoms with van der Waals surface area (Å²) in [5.74, 6) is -1.45. The maximum absolute atomic E-state index is 12.8. The second kappa shape index (κ2) is 9.01. The maximum Gasteiger partial charge on any atom is 0.258 e. The van der Waals surface area contributed by atoms with Crippen LogP contribution in [0.5, 0.6) is 0 Å². The van der Waals surface area contributed by atoms with E-state index in [2.05, 4.69) is 25.9 Å². The first-order valence-electron chi connectivity index (χ1n) is 9.78. The van der Waals surface area contributed by atoms with Crippen molar-refractivity contribution < 1.29 is 9.59 Å². The summed E-state index contributed by atoms with van der Waals surface area (Å²) in [5.41, 5.74) is 1.36. The Labute approximate surface area is 183 Å². The Morgan fingerprint density at radius 2 is 1.94 bits per heavy atom. The number of fused-ring (bicyclic) bond motifs is 1. The van der Waals surface area contributed by atoms with E-state index in [1.54, 1.807) is 24.3 Å². The zero-order valence-corrected chi connectivity index (χ0v) is 17.2. The smallest absolute Gasteiger partial charge is 0.258 e. The summed E-state index contributed by atoms with van der Waals surface area (Å²) in [6.45, 7) is 0.399. The number of anilines is 3. The summed E-state index contributed by atoms with van der Waals surface area (Å²) in [7, 11) is 0.